The van der Waals surface area contributed by atoms with Crippen molar-refractivity contribution in [3.8, 4) is 0 Å². The largest absolute Gasteiger partial charge is 0.480 e. The van der Waals surface area contributed by atoms with Crippen LogP contribution >= 0.6 is 11.8 Å². The predicted octanol–water partition coefficient (Wildman–Crippen LogP) is 1.34. The molecule has 0 rings (SSSR count). The van der Waals surface area contributed by atoms with Gasteiger partial charge in [-0.05, 0) is 37.7 Å². The highest BCUT2D eigenvalue weighted by Gasteiger charge is 2.26. The van der Waals surface area contributed by atoms with Gasteiger partial charge in [0.25, 0.3) is 0 Å². The van der Waals surface area contributed by atoms with Gasteiger partial charge < -0.3 is 15.6 Å². The summed E-state index contributed by atoms with van der Waals surface area (Å²) in [7, 11) is 1.69. The van der Waals surface area contributed by atoms with E-state index in [0.717, 1.165) is 31.0 Å². The Bertz CT molecular complexity index is 186. The van der Waals surface area contributed by atoms with Gasteiger partial charge >= 0.3 is 5.97 Å². The van der Waals surface area contributed by atoms with E-state index in [9.17, 15) is 4.79 Å². The Morgan fingerprint density at radius 1 is 1.47 bits per heavy atom. The molecule has 0 saturated carbocycles. The lowest BCUT2D eigenvalue weighted by molar-refractivity contribution is -0.142. The molecule has 0 saturated heterocycles. The maximum atomic E-state index is 10.7. The maximum Gasteiger partial charge on any atom is 0.323 e. The molecule has 4 nitrogen and oxygen atoms in total. The Morgan fingerprint density at radius 2 is 2.07 bits per heavy atom. The van der Waals surface area contributed by atoms with Crippen LogP contribution in [0.2, 0.25) is 0 Å². The molecule has 0 amide bonds. The zero-order valence-corrected chi connectivity index (χ0v) is 10.3. The van der Waals surface area contributed by atoms with Gasteiger partial charge in [-0.15, -0.1) is 0 Å². The van der Waals surface area contributed by atoms with Gasteiger partial charge in [0.05, 0.1) is 0 Å². The minimum Gasteiger partial charge on any atom is -0.480 e. The molecule has 3 N–H and O–H groups in total. The van der Waals surface area contributed by atoms with Crippen LogP contribution in [-0.2, 0) is 9.53 Å². The summed E-state index contributed by atoms with van der Waals surface area (Å²) in [5.41, 5.74) is 4.52. The molecule has 90 valence electrons. The fraction of sp³-hybridized carbons (Fsp3) is 0.900. The number of carbonyl (C=O) groups is 1. The summed E-state index contributed by atoms with van der Waals surface area (Å²) in [6.07, 6.45) is 2.41. The van der Waals surface area contributed by atoms with E-state index in [1.165, 1.54) is 0 Å². The number of hydrogen-bond donors (Lipinski definition) is 2. The van der Waals surface area contributed by atoms with Crippen LogP contribution in [0, 0.1) is 0 Å². The van der Waals surface area contributed by atoms with E-state index in [1.54, 1.807) is 14.0 Å². The van der Waals surface area contributed by atoms with E-state index in [1.807, 2.05) is 11.8 Å². The molecule has 0 fully saturated rings. The molecule has 0 radical (unpaired) electrons. The molecule has 0 aromatic carbocycles. The summed E-state index contributed by atoms with van der Waals surface area (Å²) in [5.74, 6) is 1.10. The van der Waals surface area contributed by atoms with Gasteiger partial charge in [0.15, 0.2) is 0 Å². The molecular weight excluding hydrogens is 214 g/mol. The van der Waals surface area contributed by atoms with Crippen molar-refractivity contribution in [2.24, 2.45) is 5.73 Å². The highest BCUT2D eigenvalue weighted by molar-refractivity contribution is 7.99. The van der Waals surface area contributed by atoms with Gasteiger partial charge in [-0.25, -0.2) is 0 Å². The number of carboxylic acids is 1. The van der Waals surface area contributed by atoms with Crippen LogP contribution in [-0.4, -0.2) is 41.8 Å². The second kappa shape index (κ2) is 7.96. The van der Waals surface area contributed by atoms with Crippen molar-refractivity contribution < 1.29 is 14.6 Å². The summed E-state index contributed by atoms with van der Waals surface area (Å²) in [6, 6.07) is 0. The second-order valence-corrected chi connectivity index (χ2v) is 5.01. The summed E-state index contributed by atoms with van der Waals surface area (Å²) in [5, 5.41) is 8.77. The molecule has 0 aliphatic rings. The third-order valence-electron chi connectivity index (χ3n) is 2.11. The molecule has 0 spiro atoms. The third kappa shape index (κ3) is 7.64. The van der Waals surface area contributed by atoms with Gasteiger partial charge in [0.2, 0.25) is 0 Å². The Hall–Kier alpha value is -0.260. The minimum atomic E-state index is -1.08. The summed E-state index contributed by atoms with van der Waals surface area (Å²) in [4.78, 5) is 10.7. The summed E-state index contributed by atoms with van der Waals surface area (Å²) >= 11 is 1.82. The predicted molar refractivity (Wildman–Crippen MR) is 63.3 cm³/mol. The normalized spacial score (nSPS) is 14.9. The highest BCUT2D eigenvalue weighted by atomic mass is 32.2. The smallest absolute Gasteiger partial charge is 0.323 e. The van der Waals surface area contributed by atoms with Crippen LogP contribution in [0.25, 0.3) is 0 Å². The summed E-state index contributed by atoms with van der Waals surface area (Å²) in [6.45, 7) is 2.35. The number of carboxylic acid groups (broad SMARTS) is 1. The number of methoxy groups -OCH3 is 1. The van der Waals surface area contributed by atoms with E-state index in [0.29, 0.717) is 6.42 Å². The first kappa shape index (κ1) is 14.7. The van der Waals surface area contributed by atoms with Crippen LogP contribution in [0.4, 0.5) is 0 Å². The molecule has 0 aromatic rings. The van der Waals surface area contributed by atoms with Crippen LogP contribution in [0.5, 0.6) is 0 Å². The summed E-state index contributed by atoms with van der Waals surface area (Å²) < 4.78 is 4.92. The molecule has 15 heavy (non-hydrogen) atoms. The van der Waals surface area contributed by atoms with Crippen molar-refractivity contribution in [1.82, 2.24) is 0 Å². The molecule has 0 aliphatic heterocycles. The molecule has 0 heterocycles. The van der Waals surface area contributed by atoms with Gasteiger partial charge in [-0.2, -0.15) is 11.8 Å². The number of ether oxygens (including phenoxy) is 1. The van der Waals surface area contributed by atoms with Crippen molar-refractivity contribution in [1.29, 1.82) is 0 Å². The maximum absolute atomic E-state index is 10.7. The van der Waals surface area contributed by atoms with E-state index in [4.69, 9.17) is 15.6 Å². The van der Waals surface area contributed by atoms with E-state index >= 15 is 0 Å². The van der Waals surface area contributed by atoms with Gasteiger partial charge in [0, 0.05) is 13.7 Å². The molecule has 0 bridgehead atoms. The number of aliphatic carboxylic acids is 1. The number of nitrogens with two attached hydrogens (primary N) is 1. The lowest BCUT2D eigenvalue weighted by atomic mass is 9.98. The fourth-order valence-corrected chi connectivity index (χ4v) is 1.93. The number of thioether (sulfide) groups is 1. The zero-order chi connectivity index (χ0) is 11.7. The van der Waals surface area contributed by atoms with Crippen molar-refractivity contribution >= 4 is 17.7 Å². The highest BCUT2D eigenvalue weighted by Crippen LogP contribution is 2.13. The Labute approximate surface area is 95.6 Å². The van der Waals surface area contributed by atoms with E-state index in [-0.39, 0.29) is 0 Å². The van der Waals surface area contributed by atoms with Gasteiger partial charge in [-0.1, -0.05) is 0 Å². The molecule has 0 aliphatic carbocycles. The average molecular weight is 235 g/mol. The van der Waals surface area contributed by atoms with Crippen molar-refractivity contribution in [3.05, 3.63) is 0 Å². The second-order valence-electron chi connectivity index (χ2n) is 3.78. The fourth-order valence-electron chi connectivity index (χ4n) is 1.06. The monoisotopic (exact) mass is 235 g/mol. The van der Waals surface area contributed by atoms with E-state index in [2.05, 4.69) is 0 Å². The molecule has 1 atom stereocenters. The lowest BCUT2D eigenvalue weighted by Crippen LogP contribution is -2.44. The first-order valence-electron chi connectivity index (χ1n) is 5.09. The van der Waals surface area contributed by atoms with Crippen molar-refractivity contribution in [2.75, 3.05) is 25.2 Å². The zero-order valence-electron chi connectivity index (χ0n) is 9.49. The van der Waals surface area contributed by atoms with Crippen LogP contribution in [0.1, 0.15) is 26.2 Å². The Morgan fingerprint density at radius 3 is 2.60 bits per heavy atom. The van der Waals surface area contributed by atoms with Gasteiger partial charge in [0.1, 0.15) is 5.54 Å². The first-order valence-corrected chi connectivity index (χ1v) is 6.25. The molecule has 0 aromatic heterocycles. The standard InChI is InChI=1S/C10H21NO3S/c1-10(11,9(12)13)5-3-7-15-8-4-6-14-2/h3-8,11H2,1-2H3,(H,12,13). The topological polar surface area (TPSA) is 72.5 Å². The Balaban J connectivity index is 3.35. The third-order valence-corrected chi connectivity index (χ3v) is 3.27. The number of rotatable bonds is 9. The van der Waals surface area contributed by atoms with Crippen molar-refractivity contribution in [2.45, 2.75) is 31.7 Å². The van der Waals surface area contributed by atoms with Crippen LogP contribution in [0.15, 0.2) is 0 Å². The number of hydrogen-bond acceptors (Lipinski definition) is 4. The molecular formula is C10H21NO3S. The van der Waals surface area contributed by atoms with Gasteiger partial charge in [-0.3, -0.25) is 4.79 Å². The van der Waals surface area contributed by atoms with Crippen molar-refractivity contribution in [3.63, 3.8) is 0 Å². The Kier molecular flexibility index (Phi) is 7.82. The quantitative estimate of drug-likeness (QED) is 0.590. The average Bonchev–Trinajstić information content (AvgIpc) is 2.16. The van der Waals surface area contributed by atoms with Crippen LogP contribution < -0.4 is 5.73 Å². The first-order chi connectivity index (χ1) is 7.00. The SMILES string of the molecule is COCCCSCCCC(C)(N)C(=O)O. The molecule has 1 unspecified atom stereocenters. The van der Waals surface area contributed by atoms with E-state index < -0.39 is 11.5 Å². The lowest BCUT2D eigenvalue weighted by Gasteiger charge is -2.18. The minimum absolute atomic E-state index is 0.527. The molecule has 5 heteroatoms. The van der Waals surface area contributed by atoms with Crippen LogP contribution in [0.3, 0.4) is 0 Å².